The van der Waals surface area contributed by atoms with E-state index in [0.717, 1.165) is 27.4 Å². The molecule has 4 aromatic rings. The number of amides is 2. The Bertz CT molecular complexity index is 1660. The van der Waals surface area contributed by atoms with Crippen molar-refractivity contribution in [2.75, 3.05) is 24.0 Å². The number of nitrogens with zero attached hydrogens (tertiary/aromatic N) is 2. The Morgan fingerprint density at radius 2 is 1.47 bits per heavy atom. The van der Waals surface area contributed by atoms with E-state index in [9.17, 15) is 18.0 Å². The van der Waals surface area contributed by atoms with Crippen LogP contribution in [0.5, 0.6) is 5.75 Å². The van der Waals surface area contributed by atoms with Crippen molar-refractivity contribution < 1.29 is 22.7 Å². The van der Waals surface area contributed by atoms with Gasteiger partial charge in [0.15, 0.2) is 0 Å². The van der Waals surface area contributed by atoms with Crippen molar-refractivity contribution in [2.24, 2.45) is 0 Å². The molecule has 0 bridgehead atoms. The van der Waals surface area contributed by atoms with Crippen molar-refractivity contribution in [3.63, 3.8) is 0 Å². The summed E-state index contributed by atoms with van der Waals surface area (Å²) in [5.74, 6) is -0.483. The Balaban J connectivity index is 1.82. The molecule has 0 aliphatic rings. The smallest absolute Gasteiger partial charge is 0.264 e. The van der Waals surface area contributed by atoms with Crippen molar-refractivity contribution in [3.05, 3.63) is 126 Å². The SMILES string of the molecule is CCCNC(=O)[C@H](Cc1ccccc1)N(Cc1cccc(C)c1)C(=O)CN(c1ccccc1OCC)S(=O)(=O)c1ccccc1. The molecule has 9 heteroatoms. The highest BCUT2D eigenvalue weighted by Crippen LogP contribution is 2.33. The Labute approximate surface area is 266 Å². The molecule has 4 rings (SSSR count). The average molecular weight is 628 g/mol. The zero-order chi connectivity index (χ0) is 32.2. The lowest BCUT2D eigenvalue weighted by molar-refractivity contribution is -0.140. The number of anilines is 1. The van der Waals surface area contributed by atoms with E-state index in [1.165, 1.54) is 17.0 Å². The second kappa shape index (κ2) is 15.9. The van der Waals surface area contributed by atoms with Crippen LogP contribution in [0.25, 0.3) is 0 Å². The van der Waals surface area contributed by atoms with Crippen LogP contribution in [0.1, 0.15) is 37.0 Å². The molecule has 4 aromatic carbocycles. The third-order valence-corrected chi connectivity index (χ3v) is 9.07. The maximum Gasteiger partial charge on any atom is 0.264 e. The van der Waals surface area contributed by atoms with Gasteiger partial charge < -0.3 is 15.0 Å². The number of carbonyl (C=O) groups is 2. The van der Waals surface area contributed by atoms with Crippen molar-refractivity contribution in [1.82, 2.24) is 10.2 Å². The minimum absolute atomic E-state index is 0.0378. The third-order valence-electron chi connectivity index (χ3n) is 7.30. The fourth-order valence-electron chi connectivity index (χ4n) is 5.10. The van der Waals surface area contributed by atoms with Crippen LogP contribution in [0, 0.1) is 6.92 Å². The number of para-hydroxylation sites is 2. The summed E-state index contributed by atoms with van der Waals surface area (Å²) in [6, 6.07) is 31.1. The van der Waals surface area contributed by atoms with Crippen LogP contribution < -0.4 is 14.4 Å². The van der Waals surface area contributed by atoms with Gasteiger partial charge in [-0.2, -0.15) is 0 Å². The lowest BCUT2D eigenvalue weighted by atomic mass is 10.0. The summed E-state index contributed by atoms with van der Waals surface area (Å²) in [6.07, 6.45) is 0.988. The molecule has 1 atom stereocenters. The number of rotatable bonds is 15. The second-order valence-corrected chi connectivity index (χ2v) is 12.6. The Morgan fingerprint density at radius 3 is 2.13 bits per heavy atom. The number of carbonyl (C=O) groups excluding carboxylic acids is 2. The predicted molar refractivity (Wildman–Crippen MR) is 178 cm³/mol. The van der Waals surface area contributed by atoms with Crippen LogP contribution in [-0.4, -0.2) is 50.9 Å². The van der Waals surface area contributed by atoms with Crippen molar-refractivity contribution >= 4 is 27.5 Å². The molecule has 0 fully saturated rings. The molecule has 0 spiro atoms. The molecule has 0 unspecified atom stereocenters. The monoisotopic (exact) mass is 627 g/mol. The van der Waals surface area contributed by atoms with Crippen molar-refractivity contribution in [1.29, 1.82) is 0 Å². The summed E-state index contributed by atoms with van der Waals surface area (Å²) in [5, 5.41) is 2.97. The zero-order valence-corrected chi connectivity index (χ0v) is 26.9. The van der Waals surface area contributed by atoms with Gasteiger partial charge in [0.2, 0.25) is 11.8 Å². The minimum atomic E-state index is -4.22. The van der Waals surface area contributed by atoms with E-state index >= 15 is 0 Å². The first kappa shape index (κ1) is 33.3. The van der Waals surface area contributed by atoms with Crippen LogP contribution in [0.15, 0.2) is 114 Å². The molecule has 0 saturated heterocycles. The van der Waals surface area contributed by atoms with Gasteiger partial charge in [0, 0.05) is 19.5 Å². The fourth-order valence-corrected chi connectivity index (χ4v) is 6.55. The summed E-state index contributed by atoms with van der Waals surface area (Å²) in [7, 11) is -4.22. The molecule has 1 N–H and O–H groups in total. The lowest BCUT2D eigenvalue weighted by Crippen LogP contribution is -2.53. The predicted octanol–water partition coefficient (Wildman–Crippen LogP) is 5.76. The fraction of sp³-hybridized carbons (Fsp3) is 0.278. The summed E-state index contributed by atoms with van der Waals surface area (Å²) in [5.41, 5.74) is 2.96. The minimum Gasteiger partial charge on any atom is -0.492 e. The molecule has 2 amide bonds. The Kier molecular flexibility index (Phi) is 11.8. The van der Waals surface area contributed by atoms with E-state index in [1.54, 1.807) is 42.5 Å². The number of nitrogens with one attached hydrogen (secondary N) is 1. The Hall–Kier alpha value is -4.63. The number of sulfonamides is 1. The highest BCUT2D eigenvalue weighted by molar-refractivity contribution is 7.92. The van der Waals surface area contributed by atoms with E-state index in [-0.39, 0.29) is 29.5 Å². The van der Waals surface area contributed by atoms with Crippen molar-refractivity contribution in [3.8, 4) is 5.75 Å². The van der Waals surface area contributed by atoms with E-state index in [2.05, 4.69) is 5.32 Å². The maximum absolute atomic E-state index is 14.6. The first-order valence-corrected chi connectivity index (χ1v) is 16.6. The molecule has 0 aliphatic carbocycles. The van der Waals surface area contributed by atoms with Gasteiger partial charge in [-0.05, 0) is 55.7 Å². The van der Waals surface area contributed by atoms with Crippen LogP contribution >= 0.6 is 0 Å². The number of ether oxygens (including phenoxy) is 1. The zero-order valence-electron chi connectivity index (χ0n) is 26.1. The van der Waals surface area contributed by atoms with E-state index in [4.69, 9.17) is 4.74 Å². The van der Waals surface area contributed by atoms with Gasteiger partial charge in [-0.25, -0.2) is 8.42 Å². The molecule has 0 saturated carbocycles. The van der Waals surface area contributed by atoms with E-state index in [1.807, 2.05) is 75.4 Å². The normalized spacial score (nSPS) is 11.8. The van der Waals surface area contributed by atoms with Crippen LogP contribution in [0.4, 0.5) is 5.69 Å². The highest BCUT2D eigenvalue weighted by atomic mass is 32.2. The molecule has 236 valence electrons. The van der Waals surface area contributed by atoms with Gasteiger partial charge in [0.25, 0.3) is 10.0 Å². The first-order chi connectivity index (χ1) is 21.7. The first-order valence-electron chi connectivity index (χ1n) is 15.2. The van der Waals surface area contributed by atoms with Gasteiger partial charge in [0.05, 0.1) is 17.2 Å². The number of benzene rings is 4. The molecular weight excluding hydrogens is 586 g/mol. The molecule has 45 heavy (non-hydrogen) atoms. The van der Waals surface area contributed by atoms with Gasteiger partial charge in [-0.3, -0.25) is 13.9 Å². The Morgan fingerprint density at radius 1 is 0.822 bits per heavy atom. The molecule has 0 heterocycles. The quantitative estimate of drug-likeness (QED) is 0.181. The molecule has 0 aliphatic heterocycles. The lowest BCUT2D eigenvalue weighted by Gasteiger charge is -2.34. The molecule has 8 nitrogen and oxygen atoms in total. The summed E-state index contributed by atoms with van der Waals surface area (Å²) >= 11 is 0. The van der Waals surface area contributed by atoms with E-state index in [0.29, 0.717) is 18.9 Å². The number of hydrogen-bond donors (Lipinski definition) is 1. The van der Waals surface area contributed by atoms with Gasteiger partial charge >= 0.3 is 0 Å². The maximum atomic E-state index is 14.6. The summed E-state index contributed by atoms with van der Waals surface area (Å²) in [6.45, 7) is 6.06. The third kappa shape index (κ3) is 8.73. The second-order valence-electron chi connectivity index (χ2n) is 10.7. The topological polar surface area (TPSA) is 96.0 Å². The summed E-state index contributed by atoms with van der Waals surface area (Å²) in [4.78, 5) is 29.9. The van der Waals surface area contributed by atoms with E-state index < -0.39 is 28.5 Å². The number of aryl methyl sites for hydroxylation is 1. The standard InChI is InChI=1S/C36H41N3O5S/c1-4-23-37-36(41)33(25-29-16-8-6-9-17-29)38(26-30-18-14-15-28(3)24-30)35(40)27-39(32-21-12-13-22-34(32)44-5-2)45(42,43)31-19-10-7-11-20-31/h6-22,24,33H,4-5,23,25-27H2,1-3H3,(H,37,41)/t33-/m0/s1. The van der Waals surface area contributed by atoms with Gasteiger partial charge in [-0.15, -0.1) is 0 Å². The largest absolute Gasteiger partial charge is 0.492 e. The van der Waals surface area contributed by atoms with Gasteiger partial charge in [-0.1, -0.05) is 97.4 Å². The van der Waals surface area contributed by atoms with Crippen LogP contribution in [0.2, 0.25) is 0 Å². The average Bonchev–Trinajstić information content (AvgIpc) is 3.05. The molecule has 0 aromatic heterocycles. The summed E-state index contributed by atoms with van der Waals surface area (Å²) < 4.78 is 35.3. The van der Waals surface area contributed by atoms with Gasteiger partial charge in [0.1, 0.15) is 18.3 Å². The molecular formula is C36H41N3O5S. The van der Waals surface area contributed by atoms with Crippen LogP contribution in [-0.2, 0) is 32.6 Å². The highest BCUT2D eigenvalue weighted by Gasteiger charge is 2.35. The number of hydrogen-bond acceptors (Lipinski definition) is 5. The molecule has 0 radical (unpaired) electrons. The van der Waals surface area contributed by atoms with Crippen molar-refractivity contribution in [2.45, 2.75) is 51.1 Å². The van der Waals surface area contributed by atoms with Crippen LogP contribution in [0.3, 0.4) is 0 Å².